The molecule has 0 radical (unpaired) electrons. The zero-order chi connectivity index (χ0) is 15.5. The summed E-state index contributed by atoms with van der Waals surface area (Å²) in [6.07, 6.45) is 4.27. The molecule has 1 aliphatic heterocycles. The van der Waals surface area contributed by atoms with E-state index in [1.54, 1.807) is 0 Å². The number of aliphatic hydroxyl groups is 1. The lowest BCUT2D eigenvalue weighted by molar-refractivity contribution is 0.197. The van der Waals surface area contributed by atoms with E-state index in [1.807, 2.05) is 10.9 Å². The summed E-state index contributed by atoms with van der Waals surface area (Å²) in [5.41, 5.74) is 4.80. The molecule has 0 spiro atoms. The summed E-state index contributed by atoms with van der Waals surface area (Å²) in [5, 5.41) is 20.9. The van der Waals surface area contributed by atoms with Gasteiger partial charge < -0.3 is 5.11 Å². The van der Waals surface area contributed by atoms with E-state index in [2.05, 4.69) is 40.1 Å². The Morgan fingerprint density at radius 2 is 2.27 bits per heavy atom. The van der Waals surface area contributed by atoms with Crippen LogP contribution in [0.4, 0.5) is 0 Å². The van der Waals surface area contributed by atoms with Crippen molar-refractivity contribution in [2.45, 2.75) is 45.7 Å². The second-order valence-corrected chi connectivity index (χ2v) is 6.18. The molecular weight excluding hydrogens is 278 g/mol. The fourth-order valence-corrected chi connectivity index (χ4v) is 3.45. The molecule has 1 aliphatic rings. The highest BCUT2D eigenvalue weighted by atomic mass is 16.3. The third-order valence-electron chi connectivity index (χ3n) is 4.69. The van der Waals surface area contributed by atoms with Crippen LogP contribution >= 0.6 is 0 Å². The molecule has 0 aromatic carbocycles. The molecular formula is C16H25N5O. The van der Waals surface area contributed by atoms with Crippen LogP contribution in [0.1, 0.15) is 41.4 Å². The number of aromatic nitrogens is 4. The monoisotopic (exact) mass is 303 g/mol. The van der Waals surface area contributed by atoms with Gasteiger partial charge in [-0.1, -0.05) is 0 Å². The molecule has 0 unspecified atom stereocenters. The Balaban J connectivity index is 1.70. The normalized spacial score (nSPS) is 19.7. The molecule has 0 amide bonds. The zero-order valence-corrected chi connectivity index (χ0v) is 13.4. The van der Waals surface area contributed by atoms with E-state index in [9.17, 15) is 0 Å². The van der Waals surface area contributed by atoms with Crippen molar-refractivity contribution < 1.29 is 5.11 Å². The van der Waals surface area contributed by atoms with Crippen LogP contribution in [0.15, 0.2) is 12.3 Å². The average molecular weight is 303 g/mol. The molecule has 0 saturated carbocycles. The van der Waals surface area contributed by atoms with Crippen molar-refractivity contribution in [2.24, 2.45) is 0 Å². The van der Waals surface area contributed by atoms with Crippen molar-refractivity contribution in [1.29, 1.82) is 0 Å². The minimum Gasteiger partial charge on any atom is -0.394 e. The summed E-state index contributed by atoms with van der Waals surface area (Å²) >= 11 is 0. The summed E-state index contributed by atoms with van der Waals surface area (Å²) in [5.74, 6) is 0.546. The number of hydrogen-bond acceptors (Lipinski definition) is 4. The molecule has 2 aromatic rings. The first-order chi connectivity index (χ1) is 10.7. The molecule has 6 heteroatoms. The molecule has 22 heavy (non-hydrogen) atoms. The van der Waals surface area contributed by atoms with E-state index in [0.717, 1.165) is 25.3 Å². The van der Waals surface area contributed by atoms with Gasteiger partial charge in [-0.05, 0) is 39.3 Å². The molecule has 6 nitrogen and oxygen atoms in total. The maximum absolute atomic E-state index is 9.13. The molecule has 3 rings (SSSR count). The van der Waals surface area contributed by atoms with E-state index in [1.165, 1.54) is 29.8 Å². The van der Waals surface area contributed by atoms with Gasteiger partial charge in [0.05, 0.1) is 18.8 Å². The van der Waals surface area contributed by atoms with Crippen LogP contribution in [-0.4, -0.2) is 49.7 Å². The van der Waals surface area contributed by atoms with Crippen LogP contribution in [-0.2, 0) is 13.1 Å². The summed E-state index contributed by atoms with van der Waals surface area (Å²) in [6, 6.07) is 2.09. The van der Waals surface area contributed by atoms with Gasteiger partial charge in [-0.2, -0.15) is 10.2 Å². The molecule has 3 heterocycles. The van der Waals surface area contributed by atoms with Gasteiger partial charge in [0.25, 0.3) is 0 Å². The highest BCUT2D eigenvalue weighted by Gasteiger charge is 2.24. The Bertz CT molecular complexity index is 604. The number of likely N-dealkylation sites (tertiary alicyclic amines) is 1. The SMILES string of the molecule is Cc1nn(CCO)c(C)c1CN1CCC[C@H](c2ccn[nH]2)C1. The van der Waals surface area contributed by atoms with Gasteiger partial charge in [-0.25, -0.2) is 0 Å². The fourth-order valence-electron chi connectivity index (χ4n) is 3.45. The van der Waals surface area contributed by atoms with Crippen molar-refractivity contribution in [3.05, 3.63) is 34.9 Å². The Labute approximate surface area is 131 Å². The van der Waals surface area contributed by atoms with Crippen molar-refractivity contribution in [3.63, 3.8) is 0 Å². The van der Waals surface area contributed by atoms with Gasteiger partial charge in [0.1, 0.15) is 0 Å². The first-order valence-electron chi connectivity index (χ1n) is 8.04. The largest absolute Gasteiger partial charge is 0.394 e. The standard InChI is InChI=1S/C16H25N5O/c1-12-15(13(2)21(19-12)8-9-22)11-20-7-3-4-14(10-20)16-5-6-17-18-16/h5-6,14,22H,3-4,7-11H2,1-2H3,(H,17,18)/t14-/m0/s1. The van der Waals surface area contributed by atoms with Crippen LogP contribution < -0.4 is 0 Å². The molecule has 1 fully saturated rings. The Kier molecular flexibility index (Phi) is 4.59. The smallest absolute Gasteiger partial charge is 0.0644 e. The van der Waals surface area contributed by atoms with Crippen LogP contribution in [0.25, 0.3) is 0 Å². The molecule has 2 N–H and O–H groups in total. The second-order valence-electron chi connectivity index (χ2n) is 6.18. The van der Waals surface area contributed by atoms with Gasteiger partial charge >= 0.3 is 0 Å². The first kappa shape index (κ1) is 15.2. The van der Waals surface area contributed by atoms with E-state index in [-0.39, 0.29) is 6.61 Å². The van der Waals surface area contributed by atoms with Crippen LogP contribution in [0.3, 0.4) is 0 Å². The van der Waals surface area contributed by atoms with E-state index < -0.39 is 0 Å². The Morgan fingerprint density at radius 1 is 1.41 bits per heavy atom. The molecule has 120 valence electrons. The van der Waals surface area contributed by atoms with Gasteiger partial charge in [0.15, 0.2) is 0 Å². The number of hydrogen-bond donors (Lipinski definition) is 2. The lowest BCUT2D eigenvalue weighted by atomic mass is 9.94. The van der Waals surface area contributed by atoms with E-state index in [0.29, 0.717) is 12.5 Å². The van der Waals surface area contributed by atoms with E-state index in [4.69, 9.17) is 5.11 Å². The molecule has 1 saturated heterocycles. The van der Waals surface area contributed by atoms with Gasteiger partial charge in [-0.3, -0.25) is 14.7 Å². The number of aryl methyl sites for hydroxylation is 1. The van der Waals surface area contributed by atoms with Crippen LogP contribution in [0.2, 0.25) is 0 Å². The highest BCUT2D eigenvalue weighted by Crippen LogP contribution is 2.27. The summed E-state index contributed by atoms with van der Waals surface area (Å²) in [6.45, 7) is 8.00. The summed E-state index contributed by atoms with van der Waals surface area (Å²) in [4.78, 5) is 2.51. The van der Waals surface area contributed by atoms with Gasteiger partial charge in [0.2, 0.25) is 0 Å². The van der Waals surface area contributed by atoms with Gasteiger partial charge in [-0.15, -0.1) is 0 Å². The quantitative estimate of drug-likeness (QED) is 0.880. The Morgan fingerprint density at radius 3 is 3.00 bits per heavy atom. The predicted molar refractivity (Wildman–Crippen MR) is 84.6 cm³/mol. The third-order valence-corrected chi connectivity index (χ3v) is 4.69. The fraction of sp³-hybridized carbons (Fsp3) is 0.625. The predicted octanol–water partition coefficient (Wildman–Crippen LogP) is 1.59. The van der Waals surface area contributed by atoms with Crippen LogP contribution in [0.5, 0.6) is 0 Å². The molecule has 0 bridgehead atoms. The van der Waals surface area contributed by atoms with Crippen molar-refractivity contribution in [3.8, 4) is 0 Å². The minimum absolute atomic E-state index is 0.132. The number of rotatable bonds is 5. The zero-order valence-electron chi connectivity index (χ0n) is 13.4. The third kappa shape index (κ3) is 3.08. The Hall–Kier alpha value is -1.66. The number of piperidine rings is 1. The first-order valence-corrected chi connectivity index (χ1v) is 8.04. The number of nitrogens with zero attached hydrogens (tertiary/aromatic N) is 4. The number of H-pyrrole nitrogens is 1. The molecule has 1 atom stereocenters. The average Bonchev–Trinajstić information content (AvgIpc) is 3.13. The minimum atomic E-state index is 0.132. The summed E-state index contributed by atoms with van der Waals surface area (Å²) < 4.78 is 1.92. The van der Waals surface area contributed by atoms with E-state index >= 15 is 0 Å². The molecule has 0 aliphatic carbocycles. The lowest BCUT2D eigenvalue weighted by Gasteiger charge is -2.32. The van der Waals surface area contributed by atoms with Crippen LogP contribution in [0, 0.1) is 13.8 Å². The summed E-state index contributed by atoms with van der Waals surface area (Å²) in [7, 11) is 0. The number of aliphatic hydroxyl groups excluding tert-OH is 1. The van der Waals surface area contributed by atoms with Crippen molar-refractivity contribution in [2.75, 3.05) is 19.7 Å². The maximum atomic E-state index is 9.13. The maximum Gasteiger partial charge on any atom is 0.0644 e. The lowest BCUT2D eigenvalue weighted by Crippen LogP contribution is -2.34. The topological polar surface area (TPSA) is 70.0 Å². The molecule has 2 aromatic heterocycles. The van der Waals surface area contributed by atoms with Crippen molar-refractivity contribution >= 4 is 0 Å². The second kappa shape index (κ2) is 6.62. The van der Waals surface area contributed by atoms with Gasteiger partial charge in [0, 0.05) is 42.2 Å². The number of nitrogens with one attached hydrogen (secondary N) is 1. The number of aromatic amines is 1. The van der Waals surface area contributed by atoms with Crippen molar-refractivity contribution in [1.82, 2.24) is 24.9 Å². The highest BCUT2D eigenvalue weighted by molar-refractivity contribution is 5.24.